The van der Waals surface area contributed by atoms with Crippen LogP contribution in [0.5, 0.6) is 0 Å². The van der Waals surface area contributed by atoms with Gasteiger partial charge in [0.25, 0.3) is 0 Å². The molecule has 0 unspecified atom stereocenters. The Bertz CT molecular complexity index is 653. The van der Waals surface area contributed by atoms with Gasteiger partial charge >= 0.3 is 18.9 Å². The predicted molar refractivity (Wildman–Crippen MR) is 160 cm³/mol. The van der Waals surface area contributed by atoms with Crippen LogP contribution in [0.2, 0.25) is 0 Å². The molecule has 0 radical (unpaired) electrons. The standard InChI is InChI=1S/C18H32N3Si.3C4H8O.Li/c1-17(2,3)13-20-15-11-9-10-12-16(15)21(14-18(4,5)6)22(20)19(7)8;3*1-2-4-5-3-1;/h9-12H,13-14H2,1-8H3;3*1-4H2;/q-1;;;;+1. The molecular weight excluding hydrogens is 485 g/mol. The van der Waals surface area contributed by atoms with E-state index in [1.807, 2.05) is 0 Å². The van der Waals surface area contributed by atoms with Gasteiger partial charge in [0.1, 0.15) is 0 Å². The van der Waals surface area contributed by atoms with Crippen molar-refractivity contribution in [2.75, 3.05) is 76.0 Å². The van der Waals surface area contributed by atoms with Crippen molar-refractivity contribution in [3.63, 3.8) is 0 Å². The van der Waals surface area contributed by atoms with Crippen LogP contribution in [-0.4, -0.2) is 80.7 Å². The average Bonchev–Trinajstić information content (AvgIpc) is 3.64. The number of hydrogen-bond acceptors (Lipinski definition) is 6. The van der Waals surface area contributed by atoms with Crippen molar-refractivity contribution < 1.29 is 33.1 Å². The molecule has 4 heterocycles. The molecule has 0 spiro atoms. The smallest absolute Gasteiger partial charge is 0.511 e. The van der Waals surface area contributed by atoms with E-state index >= 15 is 0 Å². The molecule has 0 saturated carbocycles. The van der Waals surface area contributed by atoms with Crippen LogP contribution >= 0.6 is 0 Å². The van der Waals surface area contributed by atoms with Gasteiger partial charge in [-0.25, -0.2) is 0 Å². The first-order chi connectivity index (χ1) is 17.5. The van der Waals surface area contributed by atoms with Crippen LogP contribution in [0.15, 0.2) is 24.3 Å². The molecule has 0 N–H and O–H groups in total. The molecule has 3 saturated heterocycles. The number of ether oxygens (including phenoxy) is 3. The Balaban J connectivity index is 0.000000359. The molecule has 4 aliphatic heterocycles. The molecule has 0 aromatic heterocycles. The van der Waals surface area contributed by atoms with Crippen LogP contribution in [0.4, 0.5) is 11.4 Å². The summed E-state index contributed by atoms with van der Waals surface area (Å²) in [5.41, 5.74) is 3.39. The zero-order valence-electron chi connectivity index (χ0n) is 26.3. The number of para-hydroxylation sites is 2. The minimum absolute atomic E-state index is 0. The molecule has 6 nitrogen and oxygen atoms in total. The minimum atomic E-state index is -0.929. The summed E-state index contributed by atoms with van der Waals surface area (Å²) in [6, 6.07) is 8.92. The zero-order chi connectivity index (χ0) is 27.3. The first kappa shape index (κ1) is 35.5. The number of anilines is 2. The fraction of sp³-hybridized carbons (Fsp3) is 0.800. The van der Waals surface area contributed by atoms with Crippen LogP contribution in [-0.2, 0) is 14.2 Å². The van der Waals surface area contributed by atoms with Gasteiger partial charge in [0.2, 0.25) is 0 Å². The quantitative estimate of drug-likeness (QED) is 0.547. The van der Waals surface area contributed by atoms with Gasteiger partial charge in [-0.2, -0.15) is 0 Å². The average molecular weight is 542 g/mol. The molecule has 0 bridgehead atoms. The van der Waals surface area contributed by atoms with Crippen molar-refractivity contribution in [1.29, 1.82) is 0 Å². The number of rotatable bonds is 3. The molecule has 3 fully saturated rings. The fourth-order valence-electron chi connectivity index (χ4n) is 4.56. The molecule has 0 aliphatic carbocycles. The molecule has 8 heteroatoms. The zero-order valence-corrected chi connectivity index (χ0v) is 27.3. The predicted octanol–water partition coefficient (Wildman–Crippen LogP) is 3.35. The Labute approximate surface area is 248 Å². The maximum absolute atomic E-state index is 4.94. The Hall–Kier alpha value is -0.526. The van der Waals surface area contributed by atoms with Crippen molar-refractivity contribution in [1.82, 2.24) is 4.57 Å². The molecule has 38 heavy (non-hydrogen) atoms. The van der Waals surface area contributed by atoms with Gasteiger partial charge in [0.05, 0.1) is 9.28 Å². The summed E-state index contributed by atoms with van der Waals surface area (Å²) in [6.45, 7) is 22.2. The van der Waals surface area contributed by atoms with E-state index in [2.05, 4.69) is 93.6 Å². The Morgan fingerprint density at radius 2 is 0.921 bits per heavy atom. The Kier molecular flexibility index (Phi) is 16.8. The Morgan fingerprint density at radius 3 is 1.11 bits per heavy atom. The molecule has 214 valence electrons. The van der Waals surface area contributed by atoms with Crippen molar-refractivity contribution in [2.45, 2.75) is 80.1 Å². The molecule has 0 amide bonds. The van der Waals surface area contributed by atoms with Gasteiger partial charge in [-0.05, 0) is 88.7 Å². The van der Waals surface area contributed by atoms with E-state index in [-0.39, 0.29) is 29.7 Å². The number of fused-ring (bicyclic) bond motifs is 1. The van der Waals surface area contributed by atoms with E-state index in [0.717, 1.165) is 52.7 Å². The minimum Gasteiger partial charge on any atom is -0.511 e. The van der Waals surface area contributed by atoms with Gasteiger partial charge < -0.3 is 27.9 Å². The summed E-state index contributed by atoms with van der Waals surface area (Å²) in [7, 11) is 3.53. The summed E-state index contributed by atoms with van der Waals surface area (Å²) in [6.07, 6.45) is 7.67. The maximum atomic E-state index is 4.94. The van der Waals surface area contributed by atoms with E-state index in [1.165, 1.54) is 49.9 Å². The maximum Gasteiger partial charge on any atom is 1.00 e. The molecule has 0 atom stereocenters. The molecule has 5 rings (SSSR count). The third-order valence-electron chi connectivity index (χ3n) is 6.09. The molecular formula is C30H56LiN3O3Si. The summed E-state index contributed by atoms with van der Waals surface area (Å²) in [5.74, 6) is 0. The van der Waals surface area contributed by atoms with Crippen LogP contribution in [0, 0.1) is 10.8 Å². The van der Waals surface area contributed by atoms with Gasteiger partial charge in [-0.1, -0.05) is 53.7 Å². The molecule has 1 aromatic carbocycles. The fourth-order valence-corrected chi connectivity index (χ4v) is 7.85. The summed E-state index contributed by atoms with van der Waals surface area (Å²) < 4.78 is 22.6. The first-order valence-corrected chi connectivity index (χ1v) is 15.8. The normalized spacial score (nSPS) is 19.1. The second-order valence-corrected chi connectivity index (χ2v) is 15.5. The Morgan fingerprint density at radius 1 is 0.632 bits per heavy atom. The van der Waals surface area contributed by atoms with E-state index in [0.29, 0.717) is 0 Å². The summed E-state index contributed by atoms with van der Waals surface area (Å²) >= 11 is 0. The second kappa shape index (κ2) is 18.0. The summed E-state index contributed by atoms with van der Waals surface area (Å²) in [5, 5.41) is 0. The van der Waals surface area contributed by atoms with Crippen LogP contribution in [0.1, 0.15) is 80.1 Å². The van der Waals surface area contributed by atoms with Gasteiger partial charge in [0, 0.05) is 51.0 Å². The van der Waals surface area contributed by atoms with Crippen LogP contribution < -0.4 is 28.0 Å². The number of benzene rings is 1. The number of nitrogens with zero attached hydrogens (tertiary/aromatic N) is 3. The molecule has 1 aromatic rings. The SMILES string of the molecule is C1CCOC1.C1CCOC1.C1CCOC1.CN(C)[Si-]1N(CC(C)(C)C)c2ccccc2N1CC(C)(C)C.[Li+]. The van der Waals surface area contributed by atoms with E-state index < -0.39 is 9.28 Å². The van der Waals surface area contributed by atoms with Crippen molar-refractivity contribution in [3.05, 3.63) is 24.3 Å². The van der Waals surface area contributed by atoms with Crippen LogP contribution in [0.3, 0.4) is 0 Å². The van der Waals surface area contributed by atoms with E-state index in [9.17, 15) is 0 Å². The first-order valence-electron chi connectivity index (χ1n) is 14.4. The number of hydrogen-bond donors (Lipinski definition) is 0. The van der Waals surface area contributed by atoms with E-state index in [4.69, 9.17) is 14.2 Å². The topological polar surface area (TPSA) is 37.4 Å². The summed E-state index contributed by atoms with van der Waals surface area (Å²) in [4.78, 5) is 0. The van der Waals surface area contributed by atoms with Crippen LogP contribution in [0.25, 0.3) is 0 Å². The largest absolute Gasteiger partial charge is 1.00 e. The molecule has 4 aliphatic rings. The van der Waals surface area contributed by atoms with Crippen molar-refractivity contribution in [2.24, 2.45) is 10.8 Å². The van der Waals surface area contributed by atoms with Gasteiger partial charge in [-0.15, -0.1) is 0 Å². The van der Waals surface area contributed by atoms with Gasteiger partial charge in [-0.3, -0.25) is 0 Å². The van der Waals surface area contributed by atoms with Crippen molar-refractivity contribution in [3.8, 4) is 0 Å². The third kappa shape index (κ3) is 13.7. The van der Waals surface area contributed by atoms with E-state index in [1.54, 1.807) is 0 Å². The second-order valence-electron chi connectivity index (χ2n) is 12.9. The van der Waals surface area contributed by atoms with Crippen molar-refractivity contribution >= 4 is 20.7 Å². The monoisotopic (exact) mass is 541 g/mol. The van der Waals surface area contributed by atoms with Gasteiger partial charge in [0.15, 0.2) is 0 Å². The third-order valence-corrected chi connectivity index (χ3v) is 8.66.